The number of benzene rings is 6. The van der Waals surface area contributed by atoms with Gasteiger partial charge in [-0.2, -0.15) is 0 Å². The molecule has 0 amide bonds. The average Bonchev–Trinajstić information content (AvgIpc) is 1.71. The summed E-state index contributed by atoms with van der Waals surface area (Å²) < 4.78 is 81.3. The third kappa shape index (κ3) is 15.4. The third-order valence-corrected chi connectivity index (χ3v) is 28.8. The number of hydrogen-bond donors (Lipinski definition) is 0. The molecular weight excluding hydrogens is 1180 g/mol. The Balaban J connectivity index is 0.000000191. The maximum Gasteiger partial charge on any atom is 0.260 e. The molecule has 10 rings (SSSR count). The number of nitrogens with zero attached hydrogens (tertiary/aromatic N) is 8. The van der Waals surface area contributed by atoms with E-state index in [1.54, 1.807) is 14.2 Å². The molecular formula is C71H108N8O6P4. The Labute approximate surface area is 537 Å². The highest BCUT2D eigenvalue weighted by Gasteiger charge is 2.48. The molecule has 4 saturated heterocycles. The van der Waals surface area contributed by atoms with Gasteiger partial charge in [-0.3, -0.25) is 18.3 Å². The number of anilines is 6. The molecule has 0 saturated carbocycles. The molecule has 0 atom stereocenters. The first-order valence-corrected chi connectivity index (χ1v) is 39.2. The van der Waals surface area contributed by atoms with Crippen LogP contribution >= 0.6 is 29.8 Å². The van der Waals surface area contributed by atoms with Crippen LogP contribution in [-0.4, -0.2) is 114 Å². The van der Waals surface area contributed by atoms with Crippen LogP contribution in [0.5, 0.6) is 11.5 Å². The lowest BCUT2D eigenvalue weighted by atomic mass is 10.0. The van der Waals surface area contributed by atoms with Gasteiger partial charge in [0, 0.05) is 124 Å². The lowest BCUT2D eigenvalue weighted by Crippen LogP contribution is -2.39. The van der Waals surface area contributed by atoms with Gasteiger partial charge in [0.2, 0.25) is 7.44 Å². The van der Waals surface area contributed by atoms with Gasteiger partial charge in [-0.25, -0.2) is 9.34 Å². The molecule has 6 aromatic rings. The summed E-state index contributed by atoms with van der Waals surface area (Å²) in [5.41, 5.74) is 21.1. The summed E-state index contributed by atoms with van der Waals surface area (Å²) in [7, 11) is -7.09. The topological polar surface area (TPSA) is 113 Å². The van der Waals surface area contributed by atoms with Crippen molar-refractivity contribution in [1.29, 1.82) is 0 Å². The number of ether oxygens (including phenoxy) is 2. The Hall–Kier alpha value is -5.44. The minimum Gasteiger partial charge on any atom is -0.497 e. The van der Waals surface area contributed by atoms with Crippen LogP contribution in [0.3, 0.4) is 0 Å². The predicted octanol–water partition coefficient (Wildman–Crippen LogP) is 18.9. The van der Waals surface area contributed by atoms with Crippen molar-refractivity contribution in [2.24, 2.45) is 0 Å². The van der Waals surface area contributed by atoms with Gasteiger partial charge in [0.25, 0.3) is 22.3 Å². The Morgan fingerprint density at radius 1 is 0.315 bits per heavy atom. The van der Waals surface area contributed by atoms with Gasteiger partial charge in [0.1, 0.15) is 11.5 Å². The maximum absolute atomic E-state index is 13.9. The predicted molar refractivity (Wildman–Crippen MR) is 386 cm³/mol. The van der Waals surface area contributed by atoms with E-state index in [-0.39, 0.29) is 18.5 Å². The van der Waals surface area contributed by atoms with Crippen molar-refractivity contribution < 1.29 is 27.7 Å². The lowest BCUT2D eigenvalue weighted by Gasteiger charge is -2.40. The van der Waals surface area contributed by atoms with Crippen LogP contribution in [0.2, 0.25) is 0 Å². The van der Waals surface area contributed by atoms with Crippen molar-refractivity contribution in [3.63, 3.8) is 0 Å². The molecule has 488 valence electrons. The van der Waals surface area contributed by atoms with Crippen LogP contribution in [-0.2, 0) is 18.3 Å². The Kier molecular flexibility index (Phi) is 22.7. The van der Waals surface area contributed by atoms with E-state index in [4.69, 9.17) is 9.47 Å². The number of rotatable bonds is 8. The van der Waals surface area contributed by atoms with Gasteiger partial charge < -0.3 is 37.5 Å². The zero-order valence-corrected chi connectivity index (χ0v) is 61.3. The number of hydrogen-bond acceptors (Lipinski definition) is 6. The van der Waals surface area contributed by atoms with E-state index < -0.39 is 29.8 Å². The van der Waals surface area contributed by atoms with E-state index >= 15 is 0 Å². The summed E-state index contributed by atoms with van der Waals surface area (Å²) >= 11 is 0. The lowest BCUT2D eigenvalue weighted by molar-refractivity contribution is 0.269. The van der Waals surface area contributed by atoms with E-state index in [1.165, 1.54) is 66.8 Å². The second-order valence-corrected chi connectivity index (χ2v) is 37.6. The summed E-state index contributed by atoms with van der Waals surface area (Å²) in [5, 5.41) is 0. The number of aryl methyl sites for hydroxylation is 12. The van der Waals surface area contributed by atoms with Crippen molar-refractivity contribution in [2.45, 2.75) is 143 Å². The molecule has 0 aliphatic carbocycles. The van der Waals surface area contributed by atoms with Gasteiger partial charge in [-0.05, 0) is 218 Å². The van der Waals surface area contributed by atoms with Crippen molar-refractivity contribution in [1.82, 2.24) is 9.34 Å². The van der Waals surface area contributed by atoms with E-state index in [1.807, 2.05) is 84.5 Å². The van der Waals surface area contributed by atoms with Crippen molar-refractivity contribution in [2.75, 3.05) is 121 Å². The molecule has 89 heavy (non-hydrogen) atoms. The molecule has 4 aliphatic rings. The van der Waals surface area contributed by atoms with Crippen molar-refractivity contribution >= 4 is 63.9 Å². The minimum atomic E-state index is -2.68. The molecule has 0 unspecified atom stereocenters. The molecule has 0 spiro atoms. The summed E-state index contributed by atoms with van der Waals surface area (Å²) in [5.74, 6) is 1.59. The monoisotopic (exact) mass is 1290 g/mol. The SMILES string of the molecule is C.CC(C)(C)N1CCN(C(C)(C)C)P1(C)=O.COc1ccc(N2CCN(c3ccc(OC)cc3)P2(C)=O)cc1.Cc1cc(C)c(N2CCN(c3c(C)cc(C)cc3C)P2(C)=O)c(C)c1.Cc1cc(C)c(N2CCN(c3c(C)cc(C)cc3C)P2(C)=O)c(C)c1. The van der Waals surface area contributed by atoms with Crippen LogP contribution in [0.1, 0.15) is 116 Å². The van der Waals surface area contributed by atoms with Crippen LogP contribution in [0, 0.1) is 83.1 Å². The van der Waals surface area contributed by atoms with E-state index in [2.05, 4.69) is 201 Å². The van der Waals surface area contributed by atoms with E-state index in [0.717, 1.165) is 98.0 Å². The molecule has 0 radical (unpaired) electrons. The average molecular weight is 1290 g/mol. The first-order valence-electron chi connectivity index (χ1n) is 30.9. The molecule has 14 nitrogen and oxygen atoms in total. The quantitative estimate of drug-likeness (QED) is 0.135. The normalized spacial score (nSPS) is 17.8. The fourth-order valence-corrected chi connectivity index (χ4v) is 25.1. The maximum atomic E-state index is 13.9. The van der Waals surface area contributed by atoms with Gasteiger partial charge in [0.05, 0.1) is 14.2 Å². The Morgan fingerprint density at radius 3 is 0.685 bits per heavy atom. The fraction of sp³-hybridized carbons (Fsp3) is 0.493. The van der Waals surface area contributed by atoms with Crippen molar-refractivity contribution in [3.8, 4) is 11.5 Å². The summed E-state index contributed by atoms with van der Waals surface area (Å²) in [6.07, 6.45) is 0. The van der Waals surface area contributed by atoms with Gasteiger partial charge >= 0.3 is 0 Å². The van der Waals surface area contributed by atoms with Crippen LogP contribution in [0.4, 0.5) is 34.1 Å². The largest absolute Gasteiger partial charge is 0.497 e. The third-order valence-electron chi connectivity index (χ3n) is 17.5. The molecule has 18 heteroatoms. The van der Waals surface area contributed by atoms with E-state index in [9.17, 15) is 18.3 Å². The minimum absolute atomic E-state index is 0. The summed E-state index contributed by atoms with van der Waals surface area (Å²) in [6, 6.07) is 32.9. The second kappa shape index (κ2) is 27.8. The zero-order chi connectivity index (χ0) is 65.6. The Bertz CT molecular complexity index is 3240. The number of methoxy groups -OCH3 is 2. The highest BCUT2D eigenvalue weighted by molar-refractivity contribution is 7.67. The Morgan fingerprint density at radius 2 is 0.506 bits per heavy atom. The molecule has 4 fully saturated rings. The molecule has 4 aliphatic heterocycles. The molecule has 0 bridgehead atoms. The zero-order valence-electron chi connectivity index (χ0n) is 57.7. The first-order chi connectivity index (χ1) is 40.8. The van der Waals surface area contributed by atoms with Gasteiger partial charge in [-0.1, -0.05) is 78.2 Å². The molecule has 6 aromatic carbocycles. The second-order valence-electron chi connectivity index (χ2n) is 27.1. The van der Waals surface area contributed by atoms with Gasteiger partial charge in [0.15, 0.2) is 0 Å². The smallest absolute Gasteiger partial charge is 0.260 e. The highest BCUT2D eigenvalue weighted by atomic mass is 31.2. The van der Waals surface area contributed by atoms with Gasteiger partial charge in [-0.15, -0.1) is 0 Å². The van der Waals surface area contributed by atoms with E-state index in [0.29, 0.717) is 0 Å². The first kappa shape index (κ1) is 72.6. The fourth-order valence-electron chi connectivity index (χ4n) is 14.3. The summed E-state index contributed by atoms with van der Waals surface area (Å²) in [6.45, 7) is 52.3. The summed E-state index contributed by atoms with van der Waals surface area (Å²) in [4.78, 5) is 0. The highest BCUT2D eigenvalue weighted by Crippen LogP contribution is 2.63. The molecule has 0 aromatic heterocycles. The van der Waals surface area contributed by atoms with Crippen LogP contribution in [0.15, 0.2) is 97.1 Å². The van der Waals surface area contributed by atoms with Crippen LogP contribution < -0.4 is 37.5 Å². The standard InChI is InChI=1S/2C21H29N2OP.C17H21N2O3P.C11H25N2OP.CH4/c2*1-14-10-16(3)20(17(4)11-14)22-8-9-23(25(22,7)24)21-18(5)12-15(2)13-19(21)6;1-21-16-8-4-14(5-9-16)18-12-13-19(23(18,3)20)15-6-10-17(22-2)11-7-15;1-10(2,3)12-8-9-13(11(4,5)6)15(12,7)14;/h2*10-13H,8-9H2,1-7H3;4-11H,12-13H2,1-3H3;8-9H2,1-7H3;1H4. The van der Waals surface area contributed by atoms with Crippen molar-refractivity contribution in [3.05, 3.63) is 164 Å². The molecule has 0 N–H and O–H groups in total. The molecule has 4 heterocycles. The van der Waals surface area contributed by atoms with Crippen LogP contribution in [0.25, 0.3) is 0 Å².